The van der Waals surface area contributed by atoms with Crippen LogP contribution in [0.2, 0.25) is 0 Å². The Labute approximate surface area is 495 Å². The first-order valence-electron chi connectivity index (χ1n) is 33.9. The van der Waals surface area contributed by atoms with Crippen molar-refractivity contribution in [1.29, 1.82) is 0 Å². The minimum absolute atomic E-state index is 0.0779. The van der Waals surface area contributed by atoms with Gasteiger partial charge in [0.15, 0.2) is 6.10 Å². The van der Waals surface area contributed by atoms with Gasteiger partial charge in [-0.2, -0.15) is 0 Å². The highest BCUT2D eigenvalue weighted by Crippen LogP contribution is 2.16. The Morgan fingerprint density at radius 3 is 0.775 bits per heavy atom. The molecule has 0 saturated heterocycles. The third kappa shape index (κ3) is 64.9. The molecule has 6 heteroatoms. The summed E-state index contributed by atoms with van der Waals surface area (Å²) < 4.78 is 16.8. The van der Waals surface area contributed by atoms with Crippen molar-refractivity contribution >= 4 is 17.9 Å². The highest BCUT2D eigenvalue weighted by atomic mass is 16.6. The van der Waals surface area contributed by atoms with Gasteiger partial charge in [-0.3, -0.25) is 14.4 Å². The van der Waals surface area contributed by atoms with Crippen molar-refractivity contribution in [3.8, 4) is 0 Å². The molecule has 1 unspecified atom stereocenters. The maximum atomic E-state index is 12.9. The largest absolute Gasteiger partial charge is 0.462 e. The van der Waals surface area contributed by atoms with Crippen molar-refractivity contribution < 1.29 is 28.6 Å². The molecule has 80 heavy (non-hydrogen) atoms. The number of hydrogen-bond donors (Lipinski definition) is 0. The van der Waals surface area contributed by atoms with Crippen LogP contribution in [-0.2, 0) is 28.6 Å². The van der Waals surface area contributed by atoms with Crippen LogP contribution in [0.5, 0.6) is 0 Å². The molecule has 0 aromatic heterocycles. The lowest BCUT2D eigenvalue weighted by molar-refractivity contribution is -0.167. The molecule has 0 bridgehead atoms. The third-order valence-corrected chi connectivity index (χ3v) is 14.5. The first-order chi connectivity index (χ1) is 39.5. The zero-order chi connectivity index (χ0) is 57.8. The predicted molar refractivity (Wildman–Crippen MR) is 348 cm³/mol. The van der Waals surface area contributed by atoms with E-state index in [0.717, 1.165) is 109 Å². The molecular weight excluding hydrogens is 985 g/mol. The van der Waals surface area contributed by atoms with Crippen LogP contribution in [0.4, 0.5) is 0 Å². The topological polar surface area (TPSA) is 78.9 Å². The molecular formula is C74H126O6. The summed E-state index contributed by atoms with van der Waals surface area (Å²) in [4.78, 5) is 38.1. The summed E-state index contributed by atoms with van der Waals surface area (Å²) in [6.45, 7) is 6.49. The number of carbonyl (C=O) groups is 3. The van der Waals surface area contributed by atoms with Crippen molar-refractivity contribution in [2.75, 3.05) is 13.2 Å². The molecule has 0 fully saturated rings. The minimum atomic E-state index is -0.778. The molecule has 6 nitrogen and oxygen atoms in total. The van der Waals surface area contributed by atoms with Crippen molar-refractivity contribution in [3.05, 3.63) is 109 Å². The molecule has 0 aliphatic heterocycles. The van der Waals surface area contributed by atoms with Gasteiger partial charge in [0.1, 0.15) is 13.2 Å². The van der Waals surface area contributed by atoms with Crippen molar-refractivity contribution in [2.24, 2.45) is 0 Å². The Morgan fingerprint density at radius 1 is 0.263 bits per heavy atom. The molecule has 0 aliphatic carbocycles. The van der Waals surface area contributed by atoms with Crippen LogP contribution in [-0.4, -0.2) is 37.2 Å². The highest BCUT2D eigenvalue weighted by Gasteiger charge is 2.19. The molecule has 0 radical (unpaired) electrons. The quantitative estimate of drug-likeness (QED) is 0.0261. The van der Waals surface area contributed by atoms with E-state index in [-0.39, 0.29) is 31.1 Å². The zero-order valence-corrected chi connectivity index (χ0v) is 52.6. The second kappa shape index (κ2) is 67.6. The summed E-state index contributed by atoms with van der Waals surface area (Å²) in [5, 5.41) is 0. The molecule has 0 spiro atoms. The van der Waals surface area contributed by atoms with Crippen LogP contribution < -0.4 is 0 Å². The number of hydrogen-bond acceptors (Lipinski definition) is 6. The van der Waals surface area contributed by atoms with Gasteiger partial charge in [-0.1, -0.05) is 304 Å². The Hall–Kier alpha value is -3.93. The SMILES string of the molecule is CC/C=C\C/C=C\C/C=C\C/C=C\C/C=C\C/C=C\C/C=C\C/C=C\CCCCCCCCCCCCC(=O)OCC(COC(=O)CCCCCCCC)OC(=O)CCCCCCCCCCC/C=C\CCCCCCCCCC. The molecule has 0 aromatic carbocycles. The number of rotatable bonds is 61. The van der Waals surface area contributed by atoms with E-state index in [2.05, 4.69) is 130 Å². The van der Waals surface area contributed by atoms with E-state index in [9.17, 15) is 14.4 Å². The van der Waals surface area contributed by atoms with E-state index in [4.69, 9.17) is 14.2 Å². The van der Waals surface area contributed by atoms with Gasteiger partial charge >= 0.3 is 17.9 Å². The molecule has 0 rings (SSSR count). The van der Waals surface area contributed by atoms with E-state index < -0.39 is 6.10 Å². The van der Waals surface area contributed by atoms with Gasteiger partial charge in [0.05, 0.1) is 0 Å². The lowest BCUT2D eigenvalue weighted by atomic mass is 10.0. The maximum Gasteiger partial charge on any atom is 0.306 e. The summed E-state index contributed by atoms with van der Waals surface area (Å²) in [6.07, 6.45) is 92.9. The molecule has 0 heterocycles. The van der Waals surface area contributed by atoms with Gasteiger partial charge in [0.2, 0.25) is 0 Å². The van der Waals surface area contributed by atoms with Gasteiger partial charge in [-0.15, -0.1) is 0 Å². The molecule has 0 aromatic rings. The summed E-state index contributed by atoms with van der Waals surface area (Å²) >= 11 is 0. The van der Waals surface area contributed by atoms with E-state index in [0.29, 0.717) is 19.3 Å². The van der Waals surface area contributed by atoms with E-state index in [1.165, 1.54) is 173 Å². The molecule has 0 saturated carbocycles. The monoisotopic (exact) mass is 1110 g/mol. The predicted octanol–water partition coefficient (Wildman–Crippen LogP) is 23.4. The molecule has 0 aliphatic rings. The van der Waals surface area contributed by atoms with Crippen LogP contribution in [0.15, 0.2) is 109 Å². The number of ether oxygens (including phenoxy) is 3. The second-order valence-corrected chi connectivity index (χ2v) is 22.4. The first kappa shape index (κ1) is 76.1. The molecule has 0 amide bonds. The summed E-state index contributed by atoms with van der Waals surface area (Å²) in [7, 11) is 0. The number of carbonyl (C=O) groups excluding carboxylic acids is 3. The molecule has 0 N–H and O–H groups in total. The fourth-order valence-electron chi connectivity index (χ4n) is 9.45. The third-order valence-electron chi connectivity index (χ3n) is 14.5. The number of esters is 3. The van der Waals surface area contributed by atoms with Gasteiger partial charge in [0.25, 0.3) is 0 Å². The average molecular weight is 1110 g/mol. The fourth-order valence-corrected chi connectivity index (χ4v) is 9.45. The standard InChI is InChI=1S/C74H126O6/c1-4-7-10-13-16-18-20-22-24-26-28-30-31-32-33-34-35-36-37-38-39-40-41-42-43-45-46-48-50-52-54-56-58-61-64-67-73(76)79-70-71(69-78-72(75)66-63-60-15-12-9-6-3)80-74(77)68-65-62-59-57-55-53-51-49-47-44-29-27-25-23-21-19-17-14-11-8-5-2/h7,10,16,18,22,24,27-30,32-33,35-36,38-39,41-42,71H,4-6,8-9,11-15,17,19-21,23,25-26,31,34,37,40,43-70H2,1-3H3/b10-7-,18-16-,24-22-,29-27-,30-28-,33-32-,36-35-,39-38-,42-41-. The van der Waals surface area contributed by atoms with Crippen molar-refractivity contribution in [3.63, 3.8) is 0 Å². The normalized spacial score (nSPS) is 12.8. The first-order valence-corrected chi connectivity index (χ1v) is 33.9. The van der Waals surface area contributed by atoms with Crippen molar-refractivity contribution in [2.45, 2.75) is 329 Å². The Bertz CT molecular complexity index is 1610. The van der Waals surface area contributed by atoms with E-state index in [1.54, 1.807) is 0 Å². The van der Waals surface area contributed by atoms with Crippen molar-refractivity contribution in [1.82, 2.24) is 0 Å². The average Bonchev–Trinajstić information content (AvgIpc) is 3.46. The van der Waals surface area contributed by atoms with Gasteiger partial charge in [-0.05, 0) is 109 Å². The maximum absolute atomic E-state index is 12.9. The second-order valence-electron chi connectivity index (χ2n) is 22.4. The van der Waals surface area contributed by atoms with Gasteiger partial charge < -0.3 is 14.2 Å². The summed E-state index contributed by atoms with van der Waals surface area (Å²) in [6, 6.07) is 0. The summed E-state index contributed by atoms with van der Waals surface area (Å²) in [5.74, 6) is -0.885. The summed E-state index contributed by atoms with van der Waals surface area (Å²) in [5.41, 5.74) is 0. The van der Waals surface area contributed by atoms with Crippen LogP contribution >= 0.6 is 0 Å². The lowest BCUT2D eigenvalue weighted by Crippen LogP contribution is -2.30. The van der Waals surface area contributed by atoms with Gasteiger partial charge in [0, 0.05) is 19.3 Å². The Morgan fingerprint density at radius 2 is 0.487 bits per heavy atom. The number of allylic oxidation sites excluding steroid dienone is 18. The smallest absolute Gasteiger partial charge is 0.306 e. The zero-order valence-electron chi connectivity index (χ0n) is 52.6. The Balaban J connectivity index is 4.06. The van der Waals surface area contributed by atoms with Crippen LogP contribution in [0.3, 0.4) is 0 Å². The van der Waals surface area contributed by atoms with E-state index in [1.807, 2.05) is 0 Å². The van der Waals surface area contributed by atoms with E-state index >= 15 is 0 Å². The highest BCUT2D eigenvalue weighted by molar-refractivity contribution is 5.71. The molecule has 1 atom stereocenters. The van der Waals surface area contributed by atoms with Crippen LogP contribution in [0, 0.1) is 0 Å². The van der Waals surface area contributed by atoms with Crippen LogP contribution in [0.1, 0.15) is 323 Å². The van der Waals surface area contributed by atoms with Crippen LogP contribution in [0.25, 0.3) is 0 Å². The number of unbranched alkanes of at least 4 members (excludes halogenated alkanes) is 32. The Kier molecular flexibility index (Phi) is 64.3. The molecule has 458 valence electrons. The lowest BCUT2D eigenvalue weighted by Gasteiger charge is -2.18. The fraction of sp³-hybridized carbons (Fsp3) is 0.716. The minimum Gasteiger partial charge on any atom is -0.462 e. The van der Waals surface area contributed by atoms with Gasteiger partial charge in [-0.25, -0.2) is 0 Å².